The molecule has 0 radical (unpaired) electrons. The zero-order chi connectivity index (χ0) is 15.1. The summed E-state index contributed by atoms with van der Waals surface area (Å²) in [6.07, 6.45) is -12.3. The van der Waals surface area contributed by atoms with Crippen LogP contribution in [0.2, 0.25) is 0 Å². The van der Waals surface area contributed by atoms with Gasteiger partial charge in [-0.25, -0.2) is 4.39 Å². The molecule has 19 heavy (non-hydrogen) atoms. The van der Waals surface area contributed by atoms with Gasteiger partial charge in [0.05, 0.1) is 6.61 Å². The van der Waals surface area contributed by atoms with Crippen molar-refractivity contribution in [1.82, 2.24) is 0 Å². The average molecular weight is 290 g/mol. The Balaban J connectivity index is 3.56. The SMILES string of the molecule is Cc1cc(CO)cc(C(F)(C(F)(F)F)C(F)(F)F)c1. The normalized spacial score (nSPS) is 13.7. The number of halogens is 7. The van der Waals surface area contributed by atoms with Crippen LogP contribution in [0.5, 0.6) is 0 Å². The number of alkyl halides is 7. The van der Waals surface area contributed by atoms with Gasteiger partial charge in [-0.05, 0) is 18.6 Å². The zero-order valence-corrected chi connectivity index (χ0v) is 9.53. The fourth-order valence-corrected chi connectivity index (χ4v) is 1.64. The lowest BCUT2D eigenvalue weighted by molar-refractivity contribution is -0.348. The van der Waals surface area contributed by atoms with E-state index in [1.807, 2.05) is 0 Å². The van der Waals surface area contributed by atoms with Crippen LogP contribution < -0.4 is 0 Å². The Labute approximate surface area is 103 Å². The van der Waals surface area contributed by atoms with Gasteiger partial charge in [-0.1, -0.05) is 17.7 Å². The maximum Gasteiger partial charge on any atom is 0.435 e. The minimum atomic E-state index is -6.15. The van der Waals surface area contributed by atoms with Crippen LogP contribution >= 0.6 is 0 Å². The first kappa shape index (κ1) is 15.7. The van der Waals surface area contributed by atoms with E-state index in [9.17, 15) is 30.7 Å². The van der Waals surface area contributed by atoms with E-state index in [-0.39, 0.29) is 11.1 Å². The molecule has 1 rings (SSSR count). The second kappa shape index (κ2) is 4.66. The molecule has 8 heteroatoms. The quantitative estimate of drug-likeness (QED) is 0.822. The average Bonchev–Trinajstić information content (AvgIpc) is 2.23. The Morgan fingerprint density at radius 1 is 0.895 bits per heavy atom. The van der Waals surface area contributed by atoms with Gasteiger partial charge in [-0.2, -0.15) is 26.3 Å². The summed E-state index contributed by atoms with van der Waals surface area (Å²) in [7, 11) is 0. The molecule has 1 N–H and O–H groups in total. The van der Waals surface area contributed by atoms with Crippen molar-refractivity contribution >= 4 is 0 Å². The summed E-state index contributed by atoms with van der Waals surface area (Å²) >= 11 is 0. The van der Waals surface area contributed by atoms with E-state index in [0.717, 1.165) is 6.07 Å². The summed E-state index contributed by atoms with van der Waals surface area (Å²) in [6, 6.07) is 1.98. The highest BCUT2D eigenvalue weighted by Crippen LogP contribution is 2.53. The molecule has 0 saturated heterocycles. The maximum absolute atomic E-state index is 13.7. The van der Waals surface area contributed by atoms with Crippen LogP contribution in [0.4, 0.5) is 30.7 Å². The molecule has 0 saturated carbocycles. The van der Waals surface area contributed by atoms with Crippen molar-refractivity contribution in [1.29, 1.82) is 0 Å². The number of rotatable bonds is 2. The van der Waals surface area contributed by atoms with E-state index in [0.29, 0.717) is 12.1 Å². The molecule has 0 aliphatic heterocycles. The molecule has 0 fully saturated rings. The van der Waals surface area contributed by atoms with Gasteiger partial charge in [-0.15, -0.1) is 0 Å². The Hall–Kier alpha value is -1.31. The molecule has 0 heterocycles. The molecule has 0 spiro atoms. The molecule has 0 aliphatic carbocycles. The van der Waals surface area contributed by atoms with Crippen LogP contribution in [0.25, 0.3) is 0 Å². The molecule has 0 aliphatic rings. The standard InChI is InChI=1S/C11H9F7O/c1-6-2-7(5-19)4-8(3-6)9(12,10(13,14)15)11(16,17)18/h2-4,19H,5H2,1H3. The topological polar surface area (TPSA) is 20.2 Å². The monoisotopic (exact) mass is 290 g/mol. The third kappa shape index (κ3) is 2.68. The lowest BCUT2D eigenvalue weighted by Gasteiger charge is -2.30. The summed E-state index contributed by atoms with van der Waals surface area (Å²) in [5, 5.41) is 8.77. The fourth-order valence-electron chi connectivity index (χ4n) is 1.64. The molecule has 0 unspecified atom stereocenters. The molecular weight excluding hydrogens is 281 g/mol. The second-order valence-electron chi connectivity index (χ2n) is 4.02. The van der Waals surface area contributed by atoms with Crippen LogP contribution in [-0.2, 0) is 12.3 Å². The Kier molecular flexibility index (Phi) is 3.86. The predicted molar refractivity (Wildman–Crippen MR) is 52.0 cm³/mol. The highest BCUT2D eigenvalue weighted by atomic mass is 19.4. The van der Waals surface area contributed by atoms with E-state index in [1.165, 1.54) is 6.92 Å². The second-order valence-corrected chi connectivity index (χ2v) is 4.02. The van der Waals surface area contributed by atoms with E-state index in [4.69, 9.17) is 5.11 Å². The molecule has 0 amide bonds. The van der Waals surface area contributed by atoms with Crippen LogP contribution in [0.3, 0.4) is 0 Å². The lowest BCUT2D eigenvalue weighted by atomic mass is 9.91. The third-order valence-electron chi connectivity index (χ3n) is 2.50. The number of aliphatic hydroxyl groups excluding tert-OH is 1. The minimum absolute atomic E-state index is 0.0166. The zero-order valence-electron chi connectivity index (χ0n) is 9.53. The van der Waals surface area contributed by atoms with Crippen LogP contribution in [0.1, 0.15) is 16.7 Å². The first-order valence-electron chi connectivity index (χ1n) is 4.97. The van der Waals surface area contributed by atoms with Gasteiger partial charge in [0.15, 0.2) is 0 Å². The number of hydrogen-bond acceptors (Lipinski definition) is 1. The smallest absolute Gasteiger partial charge is 0.392 e. The van der Waals surface area contributed by atoms with Gasteiger partial charge in [0.25, 0.3) is 0 Å². The molecule has 0 bridgehead atoms. The Morgan fingerprint density at radius 3 is 1.74 bits per heavy atom. The molecular formula is C11H9F7O. The van der Waals surface area contributed by atoms with E-state index in [2.05, 4.69) is 0 Å². The summed E-state index contributed by atoms with van der Waals surface area (Å²) in [4.78, 5) is 0. The van der Waals surface area contributed by atoms with Crippen LogP contribution in [0.15, 0.2) is 18.2 Å². The van der Waals surface area contributed by atoms with Crippen LogP contribution in [-0.4, -0.2) is 17.5 Å². The van der Waals surface area contributed by atoms with Gasteiger partial charge < -0.3 is 5.11 Å². The van der Waals surface area contributed by atoms with Gasteiger partial charge in [0, 0.05) is 5.56 Å². The number of hydrogen-bond donors (Lipinski definition) is 1. The molecule has 108 valence electrons. The van der Waals surface area contributed by atoms with Crippen molar-refractivity contribution in [3.63, 3.8) is 0 Å². The summed E-state index contributed by atoms with van der Waals surface area (Å²) in [6.45, 7) is 0.413. The predicted octanol–water partition coefficient (Wildman–Crippen LogP) is 3.78. The lowest BCUT2D eigenvalue weighted by Crippen LogP contribution is -2.50. The first-order valence-corrected chi connectivity index (χ1v) is 4.97. The molecule has 1 nitrogen and oxygen atoms in total. The van der Waals surface area contributed by atoms with Crippen LogP contribution in [0, 0.1) is 6.92 Å². The minimum Gasteiger partial charge on any atom is -0.392 e. The van der Waals surface area contributed by atoms with Gasteiger partial charge in [0.1, 0.15) is 0 Å². The molecule has 0 atom stereocenters. The largest absolute Gasteiger partial charge is 0.435 e. The molecule has 1 aromatic carbocycles. The van der Waals surface area contributed by atoms with Gasteiger partial charge in [0.2, 0.25) is 0 Å². The summed E-state index contributed by atoms with van der Waals surface area (Å²) < 4.78 is 88.7. The molecule has 1 aromatic rings. The van der Waals surface area contributed by atoms with Crippen molar-refractivity contribution in [3.05, 3.63) is 34.9 Å². The number of benzene rings is 1. The van der Waals surface area contributed by atoms with Crippen molar-refractivity contribution in [2.45, 2.75) is 31.6 Å². The highest BCUT2D eigenvalue weighted by Gasteiger charge is 2.73. The molecule has 0 aromatic heterocycles. The van der Waals surface area contributed by atoms with E-state index < -0.39 is 30.2 Å². The Bertz CT molecular complexity index is 447. The van der Waals surface area contributed by atoms with Gasteiger partial charge >= 0.3 is 18.0 Å². The summed E-state index contributed by atoms with van der Waals surface area (Å²) in [5.41, 5.74) is -7.30. The summed E-state index contributed by atoms with van der Waals surface area (Å²) in [5.74, 6) is 0. The number of aryl methyl sites for hydroxylation is 1. The fraction of sp³-hybridized carbons (Fsp3) is 0.455. The van der Waals surface area contributed by atoms with Crippen molar-refractivity contribution < 1.29 is 35.8 Å². The van der Waals surface area contributed by atoms with E-state index >= 15 is 0 Å². The number of aliphatic hydroxyl groups is 1. The van der Waals surface area contributed by atoms with E-state index in [1.54, 1.807) is 0 Å². The Morgan fingerprint density at radius 2 is 1.37 bits per heavy atom. The first-order chi connectivity index (χ1) is 8.43. The third-order valence-corrected chi connectivity index (χ3v) is 2.50. The maximum atomic E-state index is 13.7. The van der Waals surface area contributed by atoms with Crippen molar-refractivity contribution in [3.8, 4) is 0 Å². The van der Waals surface area contributed by atoms with Crippen molar-refractivity contribution in [2.24, 2.45) is 0 Å². The van der Waals surface area contributed by atoms with Gasteiger partial charge in [-0.3, -0.25) is 0 Å². The van der Waals surface area contributed by atoms with Crippen molar-refractivity contribution in [2.75, 3.05) is 0 Å². The highest BCUT2D eigenvalue weighted by molar-refractivity contribution is 5.35.